The third-order valence-electron chi connectivity index (χ3n) is 5.05. The predicted molar refractivity (Wildman–Crippen MR) is 108 cm³/mol. The van der Waals surface area contributed by atoms with Crippen molar-refractivity contribution in [3.8, 4) is 0 Å². The SMILES string of the molecule is CCN1CCN(CCC(=O)Nc2ccc3c(c2F)CCNC3)CC1.Cl.Cl. The number of likely N-dealkylation sites (N-methyl/N-ethyl adjacent to an activating group) is 1. The van der Waals surface area contributed by atoms with E-state index in [-0.39, 0.29) is 36.5 Å². The molecule has 2 aliphatic rings. The van der Waals surface area contributed by atoms with Gasteiger partial charge in [-0.3, -0.25) is 4.79 Å². The molecule has 1 saturated heterocycles. The minimum absolute atomic E-state index is 0. The van der Waals surface area contributed by atoms with Gasteiger partial charge in [0.1, 0.15) is 5.82 Å². The van der Waals surface area contributed by atoms with Crippen LogP contribution in [0.1, 0.15) is 24.5 Å². The van der Waals surface area contributed by atoms with Crippen molar-refractivity contribution in [3.63, 3.8) is 0 Å². The van der Waals surface area contributed by atoms with Gasteiger partial charge in [0.25, 0.3) is 0 Å². The van der Waals surface area contributed by atoms with Crippen LogP contribution in [0.15, 0.2) is 12.1 Å². The highest BCUT2D eigenvalue weighted by Gasteiger charge is 2.19. The van der Waals surface area contributed by atoms with Gasteiger partial charge in [0.2, 0.25) is 5.91 Å². The van der Waals surface area contributed by atoms with E-state index >= 15 is 0 Å². The van der Waals surface area contributed by atoms with Crippen LogP contribution in [-0.2, 0) is 17.8 Å². The number of anilines is 1. The van der Waals surface area contributed by atoms with Crippen molar-refractivity contribution in [1.29, 1.82) is 0 Å². The van der Waals surface area contributed by atoms with Gasteiger partial charge in [0, 0.05) is 45.7 Å². The summed E-state index contributed by atoms with van der Waals surface area (Å²) >= 11 is 0. The number of halogens is 3. The number of piperazine rings is 1. The average Bonchev–Trinajstić information content (AvgIpc) is 2.63. The molecule has 26 heavy (non-hydrogen) atoms. The summed E-state index contributed by atoms with van der Waals surface area (Å²) in [5.74, 6) is -0.375. The quantitative estimate of drug-likeness (QED) is 0.787. The van der Waals surface area contributed by atoms with Gasteiger partial charge in [0.05, 0.1) is 5.69 Å². The van der Waals surface area contributed by atoms with Crippen molar-refractivity contribution in [2.24, 2.45) is 0 Å². The molecule has 3 rings (SSSR count). The first-order chi connectivity index (χ1) is 11.7. The lowest BCUT2D eigenvalue weighted by atomic mass is 9.99. The number of nitrogens with one attached hydrogen (secondary N) is 2. The van der Waals surface area contributed by atoms with Gasteiger partial charge < -0.3 is 20.4 Å². The second-order valence-corrected chi connectivity index (χ2v) is 6.57. The summed E-state index contributed by atoms with van der Waals surface area (Å²) in [5, 5.41) is 5.98. The summed E-state index contributed by atoms with van der Waals surface area (Å²) in [6, 6.07) is 3.59. The Morgan fingerprint density at radius 3 is 2.58 bits per heavy atom. The zero-order valence-corrected chi connectivity index (χ0v) is 16.9. The summed E-state index contributed by atoms with van der Waals surface area (Å²) in [5.41, 5.74) is 2.05. The molecule has 148 valence electrons. The zero-order chi connectivity index (χ0) is 16.9. The molecule has 0 spiro atoms. The predicted octanol–water partition coefficient (Wildman–Crippen LogP) is 2.28. The molecule has 2 N–H and O–H groups in total. The maximum atomic E-state index is 14.5. The van der Waals surface area contributed by atoms with Gasteiger partial charge >= 0.3 is 0 Å². The second-order valence-electron chi connectivity index (χ2n) is 6.57. The molecule has 1 aromatic rings. The molecule has 0 unspecified atom stereocenters. The van der Waals surface area contributed by atoms with Crippen LogP contribution in [0.5, 0.6) is 0 Å². The first-order valence-electron chi connectivity index (χ1n) is 8.93. The van der Waals surface area contributed by atoms with Crippen molar-refractivity contribution in [2.45, 2.75) is 26.3 Å². The van der Waals surface area contributed by atoms with Crippen molar-refractivity contribution in [1.82, 2.24) is 15.1 Å². The highest BCUT2D eigenvalue weighted by molar-refractivity contribution is 5.91. The first-order valence-corrected chi connectivity index (χ1v) is 8.93. The van der Waals surface area contributed by atoms with E-state index in [9.17, 15) is 9.18 Å². The standard InChI is InChI=1S/C18H27FN4O.2ClH/c1-2-22-9-11-23(12-10-22)8-6-17(24)21-16-4-3-14-13-20-7-5-15(14)18(16)19;;/h3-4,20H,2,5-13H2,1H3,(H,21,24);2*1H. The number of benzene rings is 1. The molecule has 0 bridgehead atoms. The van der Waals surface area contributed by atoms with Gasteiger partial charge in [-0.1, -0.05) is 13.0 Å². The van der Waals surface area contributed by atoms with Gasteiger partial charge in [-0.2, -0.15) is 0 Å². The molecule has 0 atom stereocenters. The smallest absolute Gasteiger partial charge is 0.225 e. The fraction of sp³-hybridized carbons (Fsp3) is 0.611. The van der Waals surface area contributed by atoms with Crippen LogP contribution in [0.25, 0.3) is 0 Å². The van der Waals surface area contributed by atoms with E-state index in [4.69, 9.17) is 0 Å². The largest absolute Gasteiger partial charge is 0.324 e. The van der Waals surface area contributed by atoms with Crippen LogP contribution < -0.4 is 10.6 Å². The molecular formula is C18H29Cl2FN4O. The van der Waals surface area contributed by atoms with Gasteiger partial charge in [0.15, 0.2) is 0 Å². The van der Waals surface area contributed by atoms with E-state index in [1.165, 1.54) is 0 Å². The van der Waals surface area contributed by atoms with Crippen molar-refractivity contribution < 1.29 is 9.18 Å². The fourth-order valence-corrected chi connectivity index (χ4v) is 3.43. The van der Waals surface area contributed by atoms with E-state index in [2.05, 4.69) is 27.4 Å². The highest BCUT2D eigenvalue weighted by Crippen LogP contribution is 2.24. The Morgan fingerprint density at radius 1 is 1.19 bits per heavy atom. The van der Waals surface area contributed by atoms with E-state index < -0.39 is 0 Å². The summed E-state index contributed by atoms with van der Waals surface area (Å²) in [6.07, 6.45) is 1.08. The monoisotopic (exact) mass is 406 g/mol. The zero-order valence-electron chi connectivity index (χ0n) is 15.2. The van der Waals surface area contributed by atoms with E-state index in [1.807, 2.05) is 6.07 Å². The molecule has 2 heterocycles. The first kappa shape index (κ1) is 23.1. The van der Waals surface area contributed by atoms with E-state index in [1.54, 1.807) is 6.07 Å². The number of carbonyl (C=O) groups excluding carboxylic acids is 1. The molecule has 0 radical (unpaired) electrons. The number of amides is 1. The lowest BCUT2D eigenvalue weighted by Gasteiger charge is -2.33. The molecule has 5 nitrogen and oxygen atoms in total. The summed E-state index contributed by atoms with van der Waals surface area (Å²) < 4.78 is 14.5. The van der Waals surface area contributed by atoms with Crippen molar-refractivity contribution in [3.05, 3.63) is 29.1 Å². The fourth-order valence-electron chi connectivity index (χ4n) is 3.43. The molecule has 1 fully saturated rings. The van der Waals surface area contributed by atoms with Crippen molar-refractivity contribution >= 4 is 36.4 Å². The van der Waals surface area contributed by atoms with Gasteiger partial charge in [-0.25, -0.2) is 4.39 Å². The molecule has 0 aromatic heterocycles. The Morgan fingerprint density at radius 2 is 1.88 bits per heavy atom. The Hall–Kier alpha value is -0.920. The maximum Gasteiger partial charge on any atom is 0.225 e. The number of fused-ring (bicyclic) bond motifs is 1. The molecular weight excluding hydrogens is 378 g/mol. The van der Waals surface area contributed by atoms with Crippen LogP contribution in [-0.4, -0.2) is 61.5 Å². The number of hydrogen-bond acceptors (Lipinski definition) is 4. The van der Waals surface area contributed by atoms with Crippen LogP contribution in [0, 0.1) is 5.82 Å². The third kappa shape index (κ3) is 5.79. The Labute approximate surface area is 167 Å². The van der Waals surface area contributed by atoms with E-state index in [0.717, 1.165) is 56.9 Å². The van der Waals surface area contributed by atoms with Gasteiger partial charge in [-0.05, 0) is 36.7 Å². The molecule has 8 heteroatoms. The number of nitrogens with zero attached hydrogens (tertiary/aromatic N) is 2. The minimum Gasteiger partial charge on any atom is -0.324 e. The lowest BCUT2D eigenvalue weighted by molar-refractivity contribution is -0.116. The Kier molecular flexibility index (Phi) is 9.82. The lowest BCUT2D eigenvalue weighted by Crippen LogP contribution is -2.46. The van der Waals surface area contributed by atoms with E-state index in [0.29, 0.717) is 25.1 Å². The van der Waals surface area contributed by atoms with Crippen LogP contribution in [0.3, 0.4) is 0 Å². The topological polar surface area (TPSA) is 47.6 Å². The maximum absolute atomic E-state index is 14.5. The van der Waals surface area contributed by atoms with Gasteiger partial charge in [-0.15, -0.1) is 24.8 Å². The number of hydrogen-bond donors (Lipinski definition) is 2. The highest BCUT2D eigenvalue weighted by atomic mass is 35.5. The van der Waals surface area contributed by atoms with Crippen LogP contribution in [0.4, 0.5) is 10.1 Å². The Balaban J connectivity index is 0.00000169. The van der Waals surface area contributed by atoms with Crippen molar-refractivity contribution in [2.75, 3.05) is 51.1 Å². The Bertz CT molecular complexity index is 595. The summed E-state index contributed by atoms with van der Waals surface area (Å²) in [4.78, 5) is 16.9. The molecule has 2 aliphatic heterocycles. The molecule has 1 aromatic carbocycles. The number of rotatable bonds is 5. The minimum atomic E-state index is -0.265. The number of carbonyl (C=O) groups is 1. The van der Waals surface area contributed by atoms with Crippen LogP contribution >= 0.6 is 24.8 Å². The summed E-state index contributed by atoms with van der Waals surface area (Å²) in [7, 11) is 0. The van der Waals surface area contributed by atoms with Crippen LogP contribution in [0.2, 0.25) is 0 Å². The normalized spacial score (nSPS) is 17.6. The second kappa shape index (κ2) is 11.0. The molecule has 1 amide bonds. The molecule has 0 aliphatic carbocycles. The third-order valence-corrected chi connectivity index (χ3v) is 5.05. The molecule has 0 saturated carbocycles. The average molecular weight is 407 g/mol. The summed E-state index contributed by atoms with van der Waals surface area (Å²) in [6.45, 7) is 9.60.